The third-order valence-corrected chi connectivity index (χ3v) is 3.65. The molecular weight excluding hydrogens is 288 g/mol. The van der Waals surface area contributed by atoms with E-state index >= 15 is 0 Å². The van der Waals surface area contributed by atoms with Crippen LogP contribution in [-0.4, -0.2) is 11.2 Å². The molecule has 0 N–H and O–H groups in total. The average molecular weight is 310 g/mol. The first kappa shape index (κ1) is 16.8. The summed E-state index contributed by atoms with van der Waals surface area (Å²) in [7, 11) is 0. The quantitative estimate of drug-likeness (QED) is 0.777. The van der Waals surface area contributed by atoms with Crippen LogP contribution in [0, 0.1) is 11.3 Å². The highest BCUT2D eigenvalue weighted by atomic mass is 16.5. The summed E-state index contributed by atoms with van der Waals surface area (Å²) in [5, 5.41) is 9.11. The molecular formula is C19H22N2O2. The first-order chi connectivity index (χ1) is 11.2. The van der Waals surface area contributed by atoms with Crippen molar-refractivity contribution in [3.05, 3.63) is 52.3 Å². The molecule has 0 aliphatic rings. The van der Waals surface area contributed by atoms with E-state index in [1.165, 1.54) is 0 Å². The number of nitriles is 1. The zero-order chi connectivity index (χ0) is 16.7. The van der Waals surface area contributed by atoms with Crippen LogP contribution in [0.15, 0.2) is 41.2 Å². The summed E-state index contributed by atoms with van der Waals surface area (Å²) in [4.78, 5) is 12.5. The fourth-order valence-electron chi connectivity index (χ4n) is 2.45. The van der Waals surface area contributed by atoms with Gasteiger partial charge in [-0.25, -0.2) is 0 Å². The van der Waals surface area contributed by atoms with E-state index in [2.05, 4.69) is 13.8 Å². The van der Waals surface area contributed by atoms with E-state index in [0.717, 1.165) is 36.3 Å². The van der Waals surface area contributed by atoms with Gasteiger partial charge in [-0.3, -0.25) is 4.79 Å². The van der Waals surface area contributed by atoms with Crippen molar-refractivity contribution in [3.8, 4) is 23.1 Å². The Morgan fingerprint density at radius 2 is 1.91 bits per heavy atom. The van der Waals surface area contributed by atoms with Gasteiger partial charge in [-0.2, -0.15) is 5.26 Å². The van der Waals surface area contributed by atoms with Crippen molar-refractivity contribution in [1.82, 2.24) is 4.57 Å². The van der Waals surface area contributed by atoms with Crippen molar-refractivity contribution in [3.63, 3.8) is 0 Å². The number of nitrogens with zero attached hydrogens (tertiary/aromatic N) is 2. The lowest BCUT2D eigenvalue weighted by Gasteiger charge is -2.16. The van der Waals surface area contributed by atoms with Crippen LogP contribution < -0.4 is 10.3 Å². The molecule has 0 aliphatic heterocycles. The molecule has 0 radical (unpaired) electrons. The van der Waals surface area contributed by atoms with Crippen molar-refractivity contribution in [2.24, 2.45) is 0 Å². The lowest BCUT2D eigenvalue weighted by Crippen LogP contribution is -2.24. The largest absolute Gasteiger partial charge is 0.493 e. The van der Waals surface area contributed by atoms with Crippen LogP contribution in [0.5, 0.6) is 5.75 Å². The molecule has 120 valence electrons. The SMILES string of the molecule is CCCCn1c(-c2ccccc2OCCC)ccc(C#N)c1=O. The molecule has 0 bridgehead atoms. The Balaban J connectivity index is 2.57. The maximum Gasteiger partial charge on any atom is 0.268 e. The maximum absolute atomic E-state index is 12.5. The normalized spacial score (nSPS) is 10.3. The van der Waals surface area contributed by atoms with Gasteiger partial charge in [0.2, 0.25) is 0 Å². The number of rotatable bonds is 7. The number of pyridine rings is 1. The first-order valence-corrected chi connectivity index (χ1v) is 8.09. The number of benzene rings is 1. The zero-order valence-corrected chi connectivity index (χ0v) is 13.7. The van der Waals surface area contributed by atoms with Crippen LogP contribution in [0.25, 0.3) is 11.3 Å². The van der Waals surface area contributed by atoms with Crippen LogP contribution >= 0.6 is 0 Å². The van der Waals surface area contributed by atoms with Crippen molar-refractivity contribution in [2.45, 2.75) is 39.7 Å². The first-order valence-electron chi connectivity index (χ1n) is 8.09. The van der Waals surface area contributed by atoms with E-state index in [1.54, 1.807) is 10.6 Å². The van der Waals surface area contributed by atoms with Crippen LogP contribution in [0.1, 0.15) is 38.7 Å². The Hall–Kier alpha value is -2.54. The van der Waals surface area contributed by atoms with Crippen LogP contribution in [0.3, 0.4) is 0 Å². The smallest absolute Gasteiger partial charge is 0.268 e. The Labute approximate surface area is 137 Å². The molecule has 2 rings (SSSR count). The second-order valence-electron chi connectivity index (χ2n) is 5.40. The topological polar surface area (TPSA) is 55.0 Å². The van der Waals surface area contributed by atoms with Crippen LogP contribution in [0.2, 0.25) is 0 Å². The zero-order valence-electron chi connectivity index (χ0n) is 13.7. The molecule has 1 aromatic heterocycles. The Bertz CT molecular complexity index is 757. The number of unbranched alkanes of at least 4 members (excludes halogenated alkanes) is 1. The van der Waals surface area contributed by atoms with E-state index in [4.69, 9.17) is 10.00 Å². The van der Waals surface area contributed by atoms with Gasteiger partial charge in [-0.1, -0.05) is 32.4 Å². The fourth-order valence-corrected chi connectivity index (χ4v) is 2.45. The summed E-state index contributed by atoms with van der Waals surface area (Å²) in [6.45, 7) is 5.37. The molecule has 0 atom stereocenters. The fraction of sp³-hybridized carbons (Fsp3) is 0.368. The molecule has 4 nitrogen and oxygen atoms in total. The van der Waals surface area contributed by atoms with Gasteiger partial charge >= 0.3 is 0 Å². The predicted octanol–water partition coefficient (Wildman–Crippen LogP) is 3.98. The van der Waals surface area contributed by atoms with Crippen molar-refractivity contribution in [1.29, 1.82) is 5.26 Å². The minimum atomic E-state index is -0.233. The van der Waals surface area contributed by atoms with Gasteiger partial charge in [0.05, 0.1) is 12.3 Å². The molecule has 0 unspecified atom stereocenters. The van der Waals surface area contributed by atoms with Gasteiger partial charge in [0.1, 0.15) is 17.4 Å². The lowest BCUT2D eigenvalue weighted by molar-refractivity contribution is 0.318. The number of para-hydroxylation sites is 1. The number of hydrogen-bond acceptors (Lipinski definition) is 3. The standard InChI is InChI=1S/C19H22N2O2/c1-3-5-12-21-17(11-10-15(14-20)19(21)22)16-8-6-7-9-18(16)23-13-4-2/h6-11H,3-5,12-13H2,1-2H3. The third kappa shape index (κ3) is 3.81. The van der Waals surface area contributed by atoms with Crippen LogP contribution in [-0.2, 0) is 6.54 Å². The number of hydrogen-bond donors (Lipinski definition) is 0. The molecule has 0 saturated heterocycles. The summed E-state index contributed by atoms with van der Waals surface area (Å²) >= 11 is 0. The highest BCUT2D eigenvalue weighted by Crippen LogP contribution is 2.29. The Morgan fingerprint density at radius 1 is 1.13 bits per heavy atom. The highest BCUT2D eigenvalue weighted by molar-refractivity contribution is 5.68. The van der Waals surface area contributed by atoms with Crippen molar-refractivity contribution >= 4 is 0 Å². The van der Waals surface area contributed by atoms with Gasteiger partial charge in [0, 0.05) is 12.1 Å². The summed E-state index contributed by atoms with van der Waals surface area (Å²) in [6, 6.07) is 13.1. The lowest BCUT2D eigenvalue weighted by atomic mass is 10.1. The predicted molar refractivity (Wildman–Crippen MR) is 91.5 cm³/mol. The number of ether oxygens (including phenoxy) is 1. The molecule has 0 aliphatic carbocycles. The van der Waals surface area contributed by atoms with Crippen molar-refractivity contribution in [2.75, 3.05) is 6.61 Å². The minimum Gasteiger partial charge on any atom is -0.493 e. The summed E-state index contributed by atoms with van der Waals surface area (Å²) in [5.41, 5.74) is 1.63. The van der Waals surface area contributed by atoms with Gasteiger partial charge in [0.25, 0.3) is 5.56 Å². The molecule has 0 fully saturated rings. The second kappa shape index (κ2) is 8.19. The molecule has 1 heterocycles. The van der Waals surface area contributed by atoms with Gasteiger partial charge in [-0.05, 0) is 37.1 Å². The molecule has 0 saturated carbocycles. The molecule has 0 spiro atoms. The molecule has 2 aromatic rings. The maximum atomic E-state index is 12.5. The average Bonchev–Trinajstić information content (AvgIpc) is 2.59. The minimum absolute atomic E-state index is 0.178. The van der Waals surface area contributed by atoms with E-state index in [-0.39, 0.29) is 11.1 Å². The second-order valence-corrected chi connectivity index (χ2v) is 5.40. The summed E-state index contributed by atoms with van der Waals surface area (Å²) < 4.78 is 7.51. The van der Waals surface area contributed by atoms with E-state index in [0.29, 0.717) is 13.2 Å². The van der Waals surface area contributed by atoms with Crippen molar-refractivity contribution < 1.29 is 4.74 Å². The molecule has 1 aromatic carbocycles. The van der Waals surface area contributed by atoms with Gasteiger partial charge in [-0.15, -0.1) is 0 Å². The van der Waals surface area contributed by atoms with E-state index < -0.39 is 0 Å². The monoisotopic (exact) mass is 310 g/mol. The molecule has 4 heteroatoms. The number of aromatic nitrogens is 1. The van der Waals surface area contributed by atoms with E-state index in [9.17, 15) is 4.79 Å². The highest BCUT2D eigenvalue weighted by Gasteiger charge is 2.13. The summed E-state index contributed by atoms with van der Waals surface area (Å²) in [6.07, 6.45) is 2.79. The summed E-state index contributed by atoms with van der Waals surface area (Å²) in [5.74, 6) is 0.767. The van der Waals surface area contributed by atoms with Crippen LogP contribution in [0.4, 0.5) is 0 Å². The van der Waals surface area contributed by atoms with E-state index in [1.807, 2.05) is 36.4 Å². The van der Waals surface area contributed by atoms with Gasteiger partial charge < -0.3 is 9.30 Å². The Morgan fingerprint density at radius 3 is 2.61 bits per heavy atom. The molecule has 0 amide bonds. The van der Waals surface area contributed by atoms with Gasteiger partial charge in [0.15, 0.2) is 0 Å². The molecule has 23 heavy (non-hydrogen) atoms. The third-order valence-electron chi connectivity index (χ3n) is 3.65. The Kier molecular flexibility index (Phi) is 5.99.